The highest BCUT2D eigenvalue weighted by Gasteiger charge is 2.14. The van der Waals surface area contributed by atoms with Gasteiger partial charge in [0.05, 0.1) is 6.54 Å². The SMILES string of the molecule is Oc1ccc2oc(CNC3CCCC3)cc2c1. The standard InChI is InChI=1S/C14H17NO2/c16-12-5-6-14-10(7-12)8-13(17-14)9-15-11-3-1-2-4-11/h5-8,11,15-16H,1-4,9H2. The lowest BCUT2D eigenvalue weighted by Gasteiger charge is -2.09. The summed E-state index contributed by atoms with van der Waals surface area (Å²) in [5, 5.41) is 13.9. The number of benzene rings is 1. The molecule has 1 aliphatic carbocycles. The highest BCUT2D eigenvalue weighted by Crippen LogP contribution is 2.24. The zero-order chi connectivity index (χ0) is 11.7. The minimum Gasteiger partial charge on any atom is -0.508 e. The van der Waals surface area contributed by atoms with Crippen LogP contribution in [0.25, 0.3) is 11.0 Å². The van der Waals surface area contributed by atoms with Crippen LogP contribution in [0.1, 0.15) is 31.4 Å². The highest BCUT2D eigenvalue weighted by atomic mass is 16.3. The first-order valence-electron chi connectivity index (χ1n) is 6.26. The Hall–Kier alpha value is -1.48. The Labute approximate surface area is 100 Å². The smallest absolute Gasteiger partial charge is 0.134 e. The maximum absolute atomic E-state index is 9.38. The molecule has 17 heavy (non-hydrogen) atoms. The minimum atomic E-state index is 0.286. The van der Waals surface area contributed by atoms with E-state index in [1.165, 1.54) is 25.7 Å². The lowest BCUT2D eigenvalue weighted by molar-refractivity contribution is 0.462. The molecule has 0 spiro atoms. The third-order valence-electron chi connectivity index (χ3n) is 3.47. The van der Waals surface area contributed by atoms with Crippen LogP contribution < -0.4 is 5.32 Å². The molecular formula is C14H17NO2. The molecule has 3 heteroatoms. The van der Waals surface area contributed by atoms with Crippen molar-refractivity contribution in [3.63, 3.8) is 0 Å². The van der Waals surface area contributed by atoms with Gasteiger partial charge in [0.1, 0.15) is 17.1 Å². The number of nitrogens with one attached hydrogen (secondary N) is 1. The van der Waals surface area contributed by atoms with E-state index >= 15 is 0 Å². The molecule has 0 atom stereocenters. The van der Waals surface area contributed by atoms with Crippen LogP contribution in [-0.4, -0.2) is 11.1 Å². The van der Waals surface area contributed by atoms with Crippen molar-refractivity contribution >= 4 is 11.0 Å². The van der Waals surface area contributed by atoms with Crippen molar-refractivity contribution in [3.8, 4) is 5.75 Å². The lowest BCUT2D eigenvalue weighted by atomic mass is 10.2. The molecule has 1 aliphatic rings. The third-order valence-corrected chi connectivity index (χ3v) is 3.47. The molecular weight excluding hydrogens is 214 g/mol. The number of fused-ring (bicyclic) bond motifs is 1. The molecule has 3 rings (SSSR count). The predicted molar refractivity (Wildman–Crippen MR) is 67.0 cm³/mol. The number of phenols is 1. The molecule has 2 aromatic rings. The average molecular weight is 231 g/mol. The Kier molecular flexibility index (Phi) is 2.77. The van der Waals surface area contributed by atoms with Crippen LogP contribution in [0.3, 0.4) is 0 Å². The first kappa shape index (κ1) is 10.7. The van der Waals surface area contributed by atoms with E-state index in [0.29, 0.717) is 6.04 Å². The zero-order valence-corrected chi connectivity index (χ0v) is 9.78. The molecule has 0 saturated heterocycles. The summed E-state index contributed by atoms with van der Waals surface area (Å²) in [6.07, 6.45) is 5.24. The second kappa shape index (κ2) is 4.41. The van der Waals surface area contributed by atoms with E-state index in [2.05, 4.69) is 5.32 Å². The maximum Gasteiger partial charge on any atom is 0.134 e. The summed E-state index contributed by atoms with van der Waals surface area (Å²) in [6, 6.07) is 7.84. The van der Waals surface area contributed by atoms with Crippen LogP contribution in [0.15, 0.2) is 28.7 Å². The van der Waals surface area contributed by atoms with Crippen molar-refractivity contribution in [2.45, 2.75) is 38.3 Å². The minimum absolute atomic E-state index is 0.286. The second-order valence-corrected chi connectivity index (χ2v) is 4.80. The van der Waals surface area contributed by atoms with Gasteiger partial charge in [0.15, 0.2) is 0 Å². The van der Waals surface area contributed by atoms with Crippen LogP contribution in [0.2, 0.25) is 0 Å². The summed E-state index contributed by atoms with van der Waals surface area (Å²) in [5.74, 6) is 1.23. The molecule has 1 aromatic heterocycles. The van der Waals surface area contributed by atoms with E-state index in [9.17, 15) is 5.11 Å². The van der Waals surface area contributed by atoms with Gasteiger partial charge in [-0.1, -0.05) is 12.8 Å². The van der Waals surface area contributed by atoms with Gasteiger partial charge in [-0.15, -0.1) is 0 Å². The largest absolute Gasteiger partial charge is 0.508 e. The van der Waals surface area contributed by atoms with Gasteiger partial charge in [-0.3, -0.25) is 0 Å². The van der Waals surface area contributed by atoms with E-state index < -0.39 is 0 Å². The molecule has 90 valence electrons. The number of rotatable bonds is 3. The normalized spacial score (nSPS) is 16.9. The zero-order valence-electron chi connectivity index (χ0n) is 9.78. The van der Waals surface area contributed by atoms with Crippen molar-refractivity contribution in [1.29, 1.82) is 0 Å². The third kappa shape index (κ3) is 2.29. The molecule has 0 radical (unpaired) electrons. The van der Waals surface area contributed by atoms with E-state index in [-0.39, 0.29) is 5.75 Å². The van der Waals surface area contributed by atoms with Crippen LogP contribution in [0, 0.1) is 0 Å². The van der Waals surface area contributed by atoms with E-state index in [1.54, 1.807) is 12.1 Å². The van der Waals surface area contributed by atoms with Gasteiger partial charge < -0.3 is 14.8 Å². The van der Waals surface area contributed by atoms with Crippen molar-refractivity contribution in [1.82, 2.24) is 5.32 Å². The number of furan rings is 1. The molecule has 1 aromatic carbocycles. The summed E-state index contributed by atoms with van der Waals surface area (Å²) < 4.78 is 5.71. The quantitative estimate of drug-likeness (QED) is 0.852. The Morgan fingerprint density at radius 2 is 2.06 bits per heavy atom. The molecule has 1 heterocycles. The van der Waals surface area contributed by atoms with Crippen molar-refractivity contribution in [3.05, 3.63) is 30.0 Å². The topological polar surface area (TPSA) is 45.4 Å². The Balaban J connectivity index is 1.72. The predicted octanol–water partition coefficient (Wildman–Crippen LogP) is 3.17. The van der Waals surface area contributed by atoms with Gasteiger partial charge in [-0.2, -0.15) is 0 Å². The lowest BCUT2D eigenvalue weighted by Crippen LogP contribution is -2.24. The summed E-state index contributed by atoms with van der Waals surface area (Å²) in [4.78, 5) is 0. The van der Waals surface area contributed by atoms with Crippen molar-refractivity contribution < 1.29 is 9.52 Å². The van der Waals surface area contributed by atoms with E-state index in [4.69, 9.17) is 4.42 Å². The fourth-order valence-corrected chi connectivity index (χ4v) is 2.55. The van der Waals surface area contributed by atoms with E-state index in [1.807, 2.05) is 12.1 Å². The Bertz CT molecular complexity index is 512. The van der Waals surface area contributed by atoms with Crippen LogP contribution >= 0.6 is 0 Å². The first-order chi connectivity index (χ1) is 8.31. The second-order valence-electron chi connectivity index (χ2n) is 4.80. The van der Waals surface area contributed by atoms with E-state index in [0.717, 1.165) is 23.3 Å². The summed E-state index contributed by atoms with van der Waals surface area (Å²) >= 11 is 0. The molecule has 1 fully saturated rings. The summed E-state index contributed by atoms with van der Waals surface area (Å²) in [6.45, 7) is 0.778. The molecule has 3 nitrogen and oxygen atoms in total. The average Bonchev–Trinajstić information content (AvgIpc) is 2.94. The van der Waals surface area contributed by atoms with Gasteiger partial charge in [0.2, 0.25) is 0 Å². The molecule has 2 N–H and O–H groups in total. The van der Waals surface area contributed by atoms with Crippen molar-refractivity contribution in [2.75, 3.05) is 0 Å². The fraction of sp³-hybridized carbons (Fsp3) is 0.429. The molecule has 1 saturated carbocycles. The molecule has 0 amide bonds. The van der Waals surface area contributed by atoms with Gasteiger partial charge in [-0.25, -0.2) is 0 Å². The van der Waals surface area contributed by atoms with Crippen LogP contribution in [0.4, 0.5) is 0 Å². The van der Waals surface area contributed by atoms with Gasteiger partial charge >= 0.3 is 0 Å². The highest BCUT2D eigenvalue weighted by molar-refractivity contribution is 5.79. The van der Waals surface area contributed by atoms with Crippen molar-refractivity contribution in [2.24, 2.45) is 0 Å². The summed E-state index contributed by atoms with van der Waals surface area (Å²) in [7, 11) is 0. The number of aromatic hydroxyl groups is 1. The van der Waals surface area contributed by atoms with Crippen LogP contribution in [-0.2, 0) is 6.54 Å². The number of phenolic OH excluding ortho intramolecular Hbond substituents is 1. The maximum atomic E-state index is 9.38. The Morgan fingerprint density at radius 1 is 1.24 bits per heavy atom. The number of hydrogen-bond donors (Lipinski definition) is 2. The number of hydrogen-bond acceptors (Lipinski definition) is 3. The summed E-state index contributed by atoms with van der Waals surface area (Å²) in [5.41, 5.74) is 0.839. The first-order valence-corrected chi connectivity index (χ1v) is 6.26. The fourth-order valence-electron chi connectivity index (χ4n) is 2.55. The molecule has 0 bridgehead atoms. The Morgan fingerprint density at radius 3 is 2.88 bits per heavy atom. The van der Waals surface area contributed by atoms with Crippen LogP contribution in [0.5, 0.6) is 5.75 Å². The molecule has 0 unspecified atom stereocenters. The van der Waals surface area contributed by atoms with Gasteiger partial charge in [0.25, 0.3) is 0 Å². The monoisotopic (exact) mass is 231 g/mol. The van der Waals surface area contributed by atoms with Gasteiger partial charge in [-0.05, 0) is 37.1 Å². The van der Waals surface area contributed by atoms with Gasteiger partial charge in [0, 0.05) is 11.4 Å². The molecule has 0 aliphatic heterocycles.